The van der Waals surface area contributed by atoms with E-state index in [9.17, 15) is 10.0 Å². The van der Waals surface area contributed by atoms with Gasteiger partial charge in [-0.25, -0.2) is 4.79 Å². The summed E-state index contributed by atoms with van der Waals surface area (Å²) in [5.74, 6) is 0.479. The molecular weight excluding hydrogens is 582 g/mol. The van der Waals surface area contributed by atoms with Crippen LogP contribution >= 0.6 is 0 Å². The van der Waals surface area contributed by atoms with Gasteiger partial charge < -0.3 is 23.8 Å². The Kier molecular flexibility index (Phi) is 8.99. The first-order chi connectivity index (χ1) is 22.4. The van der Waals surface area contributed by atoms with Crippen molar-refractivity contribution in [3.8, 4) is 11.5 Å². The first kappa shape index (κ1) is 31.2. The largest absolute Gasteiger partial charge is 0.493 e. The number of carbonyl (C=O) groups excluding carboxylic acids is 1. The number of ether oxygens (including phenoxy) is 4. The van der Waals surface area contributed by atoms with Crippen LogP contribution in [0.2, 0.25) is 0 Å². The molecule has 0 bridgehead atoms. The van der Waals surface area contributed by atoms with Crippen LogP contribution in [-0.2, 0) is 25.1 Å². The highest BCUT2D eigenvalue weighted by Crippen LogP contribution is 2.50. The second-order valence-corrected chi connectivity index (χ2v) is 11.8. The Hall–Kier alpha value is -4.82. The normalized spacial score (nSPS) is 23.5. The molecule has 4 aromatic carbocycles. The third-order valence-corrected chi connectivity index (χ3v) is 9.51. The zero-order chi connectivity index (χ0) is 32.1. The van der Waals surface area contributed by atoms with E-state index in [0.717, 1.165) is 30.4 Å². The molecule has 0 aromatic heterocycles. The van der Waals surface area contributed by atoms with Gasteiger partial charge in [-0.05, 0) is 66.6 Å². The average molecular weight is 622 g/mol. The van der Waals surface area contributed by atoms with Crippen molar-refractivity contribution in [3.63, 3.8) is 0 Å². The van der Waals surface area contributed by atoms with E-state index in [2.05, 4.69) is 24.3 Å². The van der Waals surface area contributed by atoms with Crippen molar-refractivity contribution in [1.29, 1.82) is 0 Å². The lowest BCUT2D eigenvalue weighted by Crippen LogP contribution is -2.58. The summed E-state index contributed by atoms with van der Waals surface area (Å²) in [6, 6.07) is 34.9. The maximum Gasteiger partial charge on any atom is 0.338 e. The minimum absolute atomic E-state index is 0.381. The van der Waals surface area contributed by atoms with Crippen LogP contribution in [0.4, 0.5) is 0 Å². The second-order valence-electron chi connectivity index (χ2n) is 11.8. The number of methoxy groups -OCH3 is 2. The zero-order valence-corrected chi connectivity index (χ0v) is 26.3. The van der Waals surface area contributed by atoms with Crippen molar-refractivity contribution in [2.45, 2.75) is 61.9 Å². The van der Waals surface area contributed by atoms with Gasteiger partial charge in [-0.3, -0.25) is 5.21 Å². The van der Waals surface area contributed by atoms with E-state index in [1.165, 1.54) is 6.21 Å². The maximum absolute atomic E-state index is 13.7. The number of hydrogen-bond acceptors (Lipinski definition) is 7. The van der Waals surface area contributed by atoms with Crippen LogP contribution in [0.1, 0.15) is 59.7 Å². The lowest BCUT2D eigenvalue weighted by atomic mass is 9.71. The molecule has 1 fully saturated rings. The van der Waals surface area contributed by atoms with Crippen molar-refractivity contribution >= 4 is 12.2 Å². The Labute approximate surface area is 269 Å². The molecule has 4 aromatic rings. The van der Waals surface area contributed by atoms with Gasteiger partial charge in [0.05, 0.1) is 25.9 Å². The summed E-state index contributed by atoms with van der Waals surface area (Å²) in [6.07, 6.45) is 1.65. The molecule has 1 heterocycles. The Morgan fingerprint density at radius 3 is 2.04 bits per heavy atom. The minimum Gasteiger partial charge on any atom is -0.493 e. The standard InChI is InChI=1S/C38H39NO7/c1-4-37(30-22-23-31(42-2)32(25-30)43-3)26-39(41)46-36(34(37)45-35(40)27-15-8-5-9-16-27)44-33-21-14-24-38(33,28-17-10-6-11-18-28)29-19-12-7-13-20-29/h5-13,15-20,22-23,25-26,33-34,36H,4,14,21,24H2,1-3H3/t33-,34+,36+,37-/m1/s1. The van der Waals surface area contributed by atoms with E-state index in [-0.39, 0.29) is 6.10 Å². The maximum atomic E-state index is 13.7. The number of rotatable bonds is 10. The lowest BCUT2D eigenvalue weighted by Gasteiger charge is -2.45. The number of esters is 1. The quantitative estimate of drug-likeness (QED) is 0.139. The molecule has 1 aliphatic heterocycles. The summed E-state index contributed by atoms with van der Waals surface area (Å²) in [6.45, 7) is 1.95. The summed E-state index contributed by atoms with van der Waals surface area (Å²) in [4.78, 5) is 20.1. The van der Waals surface area contributed by atoms with Gasteiger partial charge in [-0.2, -0.15) is 0 Å². The molecule has 0 saturated heterocycles. The molecule has 0 unspecified atom stereocenters. The van der Waals surface area contributed by atoms with Crippen LogP contribution < -0.4 is 9.47 Å². The first-order valence-corrected chi connectivity index (χ1v) is 15.7. The van der Waals surface area contributed by atoms with E-state index in [4.69, 9.17) is 23.8 Å². The molecule has 4 atom stereocenters. The Balaban J connectivity index is 1.47. The van der Waals surface area contributed by atoms with E-state index >= 15 is 0 Å². The predicted octanol–water partition coefficient (Wildman–Crippen LogP) is 6.99. The molecule has 8 nitrogen and oxygen atoms in total. The summed E-state index contributed by atoms with van der Waals surface area (Å²) in [5.41, 5.74) is 1.67. The van der Waals surface area contributed by atoms with Crippen molar-refractivity contribution < 1.29 is 33.5 Å². The third-order valence-electron chi connectivity index (χ3n) is 9.51. The van der Waals surface area contributed by atoms with E-state index in [1.54, 1.807) is 44.6 Å². The van der Waals surface area contributed by atoms with Gasteiger partial charge in [-0.1, -0.05) is 91.9 Å². The third kappa shape index (κ3) is 5.58. The topological polar surface area (TPSA) is 89.3 Å². The molecule has 1 aliphatic carbocycles. The Morgan fingerprint density at radius 2 is 1.46 bits per heavy atom. The van der Waals surface area contributed by atoms with Crippen molar-refractivity contribution in [1.82, 2.24) is 0 Å². The van der Waals surface area contributed by atoms with E-state index < -0.39 is 29.2 Å². The van der Waals surface area contributed by atoms with Crippen LogP contribution in [0.5, 0.6) is 11.5 Å². The van der Waals surface area contributed by atoms with Crippen molar-refractivity contribution in [2.24, 2.45) is 0 Å². The summed E-state index contributed by atoms with van der Waals surface area (Å²) in [5, 5.41) is 13.4. The molecule has 6 rings (SSSR count). The highest BCUT2D eigenvalue weighted by atomic mass is 16.9. The van der Waals surface area contributed by atoms with Crippen LogP contribution in [0, 0.1) is 5.21 Å². The van der Waals surface area contributed by atoms with Crippen LogP contribution in [-0.4, -0.2) is 49.8 Å². The fourth-order valence-electron chi connectivity index (χ4n) is 7.19. The summed E-state index contributed by atoms with van der Waals surface area (Å²) in [7, 11) is 3.12. The molecule has 1 saturated carbocycles. The molecule has 0 spiro atoms. The van der Waals surface area contributed by atoms with E-state index in [0.29, 0.717) is 33.9 Å². The first-order valence-electron chi connectivity index (χ1n) is 15.7. The summed E-state index contributed by atoms with van der Waals surface area (Å²) < 4.78 is 24.4. The Bertz CT molecular complexity index is 1620. The molecule has 46 heavy (non-hydrogen) atoms. The second kappa shape index (κ2) is 13.3. The Morgan fingerprint density at radius 1 is 0.848 bits per heavy atom. The average Bonchev–Trinajstić information content (AvgIpc) is 3.54. The predicted molar refractivity (Wildman–Crippen MR) is 174 cm³/mol. The van der Waals surface area contributed by atoms with Gasteiger partial charge in [0.2, 0.25) is 12.5 Å². The molecular formula is C38H39NO7. The van der Waals surface area contributed by atoms with Crippen molar-refractivity contribution in [3.05, 3.63) is 137 Å². The molecule has 2 aliphatic rings. The van der Waals surface area contributed by atoms with Gasteiger partial charge in [0, 0.05) is 10.3 Å². The molecule has 0 amide bonds. The van der Waals surface area contributed by atoms with Crippen LogP contribution in [0.15, 0.2) is 109 Å². The number of carbonyl (C=O) groups is 1. The molecule has 8 heteroatoms. The number of benzene rings is 4. The van der Waals surface area contributed by atoms with Gasteiger partial charge in [-0.15, -0.1) is 0 Å². The molecule has 0 radical (unpaired) electrons. The molecule has 238 valence electrons. The number of nitrogens with zero attached hydrogens (tertiary/aromatic N) is 1. The van der Waals surface area contributed by atoms with Crippen LogP contribution in [0.3, 0.4) is 0 Å². The van der Waals surface area contributed by atoms with Gasteiger partial charge in [0.1, 0.15) is 5.41 Å². The molecule has 0 N–H and O–H groups in total. The highest BCUT2D eigenvalue weighted by Gasteiger charge is 2.55. The van der Waals surface area contributed by atoms with Crippen LogP contribution in [0.25, 0.3) is 0 Å². The van der Waals surface area contributed by atoms with Gasteiger partial charge >= 0.3 is 5.97 Å². The number of hydrogen-bond donors (Lipinski definition) is 0. The monoisotopic (exact) mass is 621 g/mol. The fraction of sp³-hybridized carbons (Fsp3) is 0.316. The highest BCUT2D eigenvalue weighted by molar-refractivity contribution is 5.90. The van der Waals surface area contributed by atoms with Gasteiger partial charge in [0.15, 0.2) is 17.6 Å². The minimum atomic E-state index is -1.22. The fourth-order valence-corrected chi connectivity index (χ4v) is 7.19. The zero-order valence-electron chi connectivity index (χ0n) is 26.3. The summed E-state index contributed by atoms with van der Waals surface area (Å²) >= 11 is 0. The van der Waals surface area contributed by atoms with E-state index in [1.807, 2.05) is 61.5 Å². The SMILES string of the molecule is CC[C@]1(c2ccc(OC)c(OC)c2)C=[N+]([O-])O[C@H](O[C@@H]2CCCC2(c2ccccc2)c2ccccc2)[C@@H]1OC(=O)c1ccccc1. The lowest BCUT2D eigenvalue weighted by molar-refractivity contribution is -0.774. The van der Waals surface area contributed by atoms with Gasteiger partial charge in [0.25, 0.3) is 0 Å². The van der Waals surface area contributed by atoms with Crippen molar-refractivity contribution in [2.75, 3.05) is 14.2 Å². The smallest absolute Gasteiger partial charge is 0.338 e.